The Labute approximate surface area is 297 Å². The van der Waals surface area contributed by atoms with Crippen LogP contribution >= 0.6 is 23.6 Å². The number of ether oxygens (including phenoxy) is 1. The predicted molar refractivity (Wildman–Crippen MR) is 206 cm³/mol. The van der Waals surface area contributed by atoms with Crippen molar-refractivity contribution in [2.45, 2.75) is 93.2 Å². The summed E-state index contributed by atoms with van der Waals surface area (Å²) in [5, 5.41) is 4.54. The molecule has 0 unspecified atom stereocenters. The molecule has 3 rings (SSSR count). The van der Waals surface area contributed by atoms with Crippen LogP contribution in [0.1, 0.15) is 103 Å². The van der Waals surface area contributed by atoms with E-state index in [4.69, 9.17) is 33.0 Å². The average molecular weight is 711 g/mol. The van der Waals surface area contributed by atoms with Gasteiger partial charge in [0.2, 0.25) is 0 Å². The van der Waals surface area contributed by atoms with Crippen molar-refractivity contribution in [2.24, 2.45) is 16.5 Å². The predicted octanol–water partition coefficient (Wildman–Crippen LogP) is 7.91. The van der Waals surface area contributed by atoms with Gasteiger partial charge in [-0.2, -0.15) is 0 Å². The van der Waals surface area contributed by atoms with E-state index in [1.165, 1.54) is 32.6 Å². The maximum absolute atomic E-state index is 12.3. The number of nitrogen functional groups attached to an aromatic ring is 2. The van der Waals surface area contributed by atoms with Gasteiger partial charge in [-0.05, 0) is 48.2 Å². The Bertz CT molecular complexity index is 1330. The molecule has 0 bridgehead atoms. The molecule has 1 heterocycles. The molecule has 2 aromatic carbocycles. The van der Waals surface area contributed by atoms with Crippen LogP contribution in [0.5, 0.6) is 0 Å². The lowest BCUT2D eigenvalue weighted by Gasteiger charge is -2.11. The summed E-state index contributed by atoms with van der Waals surface area (Å²) in [7, 11) is 2.77. The second kappa shape index (κ2) is 31.8. The van der Waals surface area contributed by atoms with Gasteiger partial charge in [-0.3, -0.25) is 15.1 Å². The van der Waals surface area contributed by atoms with Gasteiger partial charge in [0.05, 0.1) is 24.9 Å². The lowest BCUT2D eigenvalue weighted by Crippen LogP contribution is -2.38. The number of nitrogens with one attached hydrogen (secondary N) is 1. The molecule has 272 valence electrons. The van der Waals surface area contributed by atoms with E-state index in [2.05, 4.69) is 70.6 Å². The highest BCUT2D eigenvalue weighted by molar-refractivity contribution is 7.94. The summed E-state index contributed by atoms with van der Waals surface area (Å²) in [6.45, 7) is 16.9. The van der Waals surface area contributed by atoms with Crippen molar-refractivity contribution in [1.82, 2.24) is 15.3 Å². The number of carbonyl (C=O) groups is 2. The molecule has 0 saturated carbocycles. The molecule has 0 atom stereocenters. The Morgan fingerprint density at radius 1 is 0.875 bits per heavy atom. The third-order valence-corrected chi connectivity index (χ3v) is 6.07. The number of guanidine groups is 1. The molecule has 12 nitrogen and oxygen atoms in total. The van der Waals surface area contributed by atoms with Gasteiger partial charge in [-0.1, -0.05) is 116 Å². The van der Waals surface area contributed by atoms with Gasteiger partial charge < -0.3 is 31.9 Å². The Balaban J connectivity index is -0.00000149. The molecular formula is C34H59ClN8O4S. The van der Waals surface area contributed by atoms with Gasteiger partial charge in [0.25, 0.3) is 5.91 Å². The van der Waals surface area contributed by atoms with E-state index in [0.717, 1.165) is 47.6 Å². The highest BCUT2D eigenvalue weighted by Gasteiger charge is 2.16. The summed E-state index contributed by atoms with van der Waals surface area (Å²) in [5.74, 6) is -0.452. The Morgan fingerprint density at radius 2 is 1.40 bits per heavy atom. The topological polar surface area (TPSA) is 207 Å². The molecule has 0 aliphatic heterocycles. The molecule has 3 aromatic rings. The van der Waals surface area contributed by atoms with E-state index in [0.29, 0.717) is 12.3 Å². The number of hydrogen-bond acceptors (Lipinski definition) is 11. The van der Waals surface area contributed by atoms with E-state index >= 15 is 0 Å². The maximum atomic E-state index is 12.3. The first-order valence-corrected chi connectivity index (χ1v) is 17.6. The van der Waals surface area contributed by atoms with Crippen LogP contribution in [0.2, 0.25) is 5.15 Å². The molecular weight excluding hydrogens is 652 g/mol. The highest BCUT2D eigenvalue weighted by Crippen LogP contribution is 2.27. The summed E-state index contributed by atoms with van der Waals surface area (Å²) >= 11 is 6.83. The second-order valence-electron chi connectivity index (χ2n) is 8.95. The van der Waals surface area contributed by atoms with Gasteiger partial charge in [-0.15, -0.1) is 0 Å². The molecule has 1 aromatic heterocycles. The number of nitrogens with zero attached hydrogens (tertiary/aromatic N) is 3. The molecule has 0 spiro atoms. The molecule has 0 fully saturated rings. The minimum Gasteiger partial charge on any atom is -0.437 e. The fraction of sp³-hybridized carbons (Fsp3) is 0.500. The lowest BCUT2D eigenvalue weighted by molar-refractivity contribution is 0.0972. The highest BCUT2D eigenvalue weighted by atomic mass is 35.5. The van der Waals surface area contributed by atoms with E-state index in [1.54, 1.807) is 0 Å². The summed E-state index contributed by atoms with van der Waals surface area (Å²) in [5.41, 5.74) is 23.6. The number of fused-ring (bicyclic) bond motifs is 1. The quantitative estimate of drug-likeness (QED) is 0.0474. The van der Waals surface area contributed by atoms with Gasteiger partial charge in [0.15, 0.2) is 28.4 Å². The lowest BCUT2D eigenvalue weighted by atomic mass is 9.97. The molecule has 1 amide bonds. The normalized spacial score (nSPS) is 9.62. The van der Waals surface area contributed by atoms with Crippen molar-refractivity contribution in [1.29, 1.82) is 0 Å². The number of unbranched alkanes of at least 4 members (excludes halogenated alkanes) is 1. The number of halogens is 1. The van der Waals surface area contributed by atoms with Crippen LogP contribution in [-0.2, 0) is 21.1 Å². The zero-order valence-electron chi connectivity index (χ0n) is 30.5. The molecule has 0 radical (unpaired) electrons. The van der Waals surface area contributed by atoms with Crippen LogP contribution in [0.4, 0.5) is 16.4 Å². The van der Waals surface area contributed by atoms with Crippen LogP contribution < -0.4 is 28.3 Å². The van der Waals surface area contributed by atoms with Crippen LogP contribution in [0, 0.1) is 0 Å². The summed E-state index contributed by atoms with van der Waals surface area (Å²) in [6.07, 6.45) is 4.23. The standard InChI is InChI=1S/C23H26ClN7O4S.2C3H8.2C2H6.CH5N/c1-34-23(33)35-36-12-14-10-9-13(15-7-2-3-8-16(14)15)6-4-5-11-28-22(27)31-21(32)17-19(25)30-20(26)18(24)29-17;2*1-3-2;3*1-2/h2-3,7-10H,4-6,11-12H2,1H3,(H4,25,26,30)(H3,27,28,31,32);2*3H2,1-2H3;2*1-2H3;2H2,1H3. The number of carbonyl (C=O) groups excluding carboxylic acids is 2. The van der Waals surface area contributed by atoms with Crippen molar-refractivity contribution in [3.63, 3.8) is 0 Å². The number of aromatic nitrogens is 2. The monoisotopic (exact) mass is 710 g/mol. The Kier molecular flexibility index (Phi) is 32.2. The van der Waals surface area contributed by atoms with Crippen molar-refractivity contribution in [2.75, 3.05) is 32.2 Å². The van der Waals surface area contributed by atoms with Crippen molar-refractivity contribution < 1.29 is 18.5 Å². The molecule has 0 aliphatic rings. The van der Waals surface area contributed by atoms with Gasteiger partial charge in [0.1, 0.15) is 0 Å². The van der Waals surface area contributed by atoms with Gasteiger partial charge >= 0.3 is 6.16 Å². The summed E-state index contributed by atoms with van der Waals surface area (Å²) in [4.78, 5) is 35.2. The van der Waals surface area contributed by atoms with E-state index in [9.17, 15) is 9.59 Å². The van der Waals surface area contributed by atoms with Gasteiger partial charge in [0, 0.05) is 6.54 Å². The number of rotatable bonds is 9. The number of benzene rings is 2. The third kappa shape index (κ3) is 19.8. The van der Waals surface area contributed by atoms with Crippen molar-refractivity contribution >= 4 is 64.1 Å². The minimum atomic E-state index is -0.726. The fourth-order valence-electron chi connectivity index (χ4n) is 3.39. The maximum Gasteiger partial charge on any atom is 0.520 e. The summed E-state index contributed by atoms with van der Waals surface area (Å²) < 4.78 is 9.42. The SMILES string of the molecule is CC.CC.CCC.CCC.CN.COC(=O)OSCc1ccc(CCCCN=C(N)NC(=O)c2nc(Cl)c(N)nc2N)c2ccccc12. The number of amides is 1. The number of methoxy groups -OCH3 is 1. The number of anilines is 2. The first-order valence-electron chi connectivity index (χ1n) is 16.3. The Hall–Kier alpha value is -3.81. The van der Waals surface area contributed by atoms with E-state index < -0.39 is 12.1 Å². The zero-order valence-corrected chi connectivity index (χ0v) is 32.1. The first kappa shape index (κ1) is 48.6. The number of hydrogen-bond donors (Lipinski definition) is 5. The Morgan fingerprint density at radius 3 is 1.94 bits per heavy atom. The van der Waals surface area contributed by atoms with Crippen LogP contribution in [0.15, 0.2) is 41.4 Å². The first-order chi connectivity index (χ1) is 23.1. The number of aryl methyl sites for hydroxylation is 1. The van der Waals surface area contributed by atoms with Gasteiger partial charge in [-0.25, -0.2) is 14.8 Å². The smallest absolute Gasteiger partial charge is 0.437 e. The van der Waals surface area contributed by atoms with E-state index in [1.807, 2.05) is 52.0 Å². The largest absolute Gasteiger partial charge is 0.520 e. The third-order valence-electron chi connectivity index (χ3n) is 5.11. The van der Waals surface area contributed by atoms with Crippen molar-refractivity contribution in [3.8, 4) is 0 Å². The number of aliphatic imine (C=N–C) groups is 1. The summed E-state index contributed by atoms with van der Waals surface area (Å²) in [6, 6.07) is 12.2. The van der Waals surface area contributed by atoms with E-state index in [-0.39, 0.29) is 28.4 Å². The van der Waals surface area contributed by atoms with Crippen molar-refractivity contribution in [3.05, 3.63) is 58.4 Å². The van der Waals surface area contributed by atoms with Crippen LogP contribution in [0.25, 0.3) is 10.8 Å². The molecule has 48 heavy (non-hydrogen) atoms. The molecule has 0 aliphatic carbocycles. The van der Waals surface area contributed by atoms with Crippen LogP contribution in [0.3, 0.4) is 0 Å². The zero-order chi connectivity index (χ0) is 37.5. The molecule has 9 N–H and O–H groups in total. The molecule has 14 heteroatoms. The second-order valence-corrected chi connectivity index (χ2v) is 10.0. The molecule has 0 saturated heterocycles. The fourth-order valence-corrected chi connectivity index (χ4v) is 4.12. The number of nitrogens with two attached hydrogens (primary N) is 4. The minimum absolute atomic E-state index is 0.0596. The average Bonchev–Trinajstić information content (AvgIpc) is 3.10. The van der Waals surface area contributed by atoms with Crippen LogP contribution in [-0.4, -0.2) is 48.7 Å².